The molecule has 0 radical (unpaired) electrons. The molecule has 1 fully saturated rings. The Morgan fingerprint density at radius 1 is 0.941 bits per heavy atom. The van der Waals surface area contributed by atoms with E-state index in [1.54, 1.807) is 0 Å². The van der Waals surface area contributed by atoms with Crippen molar-refractivity contribution in [3.8, 4) is 0 Å². The second kappa shape index (κ2) is 11.7. The first kappa shape index (κ1) is 23.8. The number of hydrogen-bond acceptors (Lipinski definition) is 7. The highest BCUT2D eigenvalue weighted by atomic mass is 16.6. The smallest absolute Gasteiger partial charge is 0.407 e. The first-order valence-electron chi connectivity index (χ1n) is 11.8. The number of benzene rings is 2. The predicted molar refractivity (Wildman–Crippen MR) is 134 cm³/mol. The van der Waals surface area contributed by atoms with Crippen molar-refractivity contribution in [1.29, 1.82) is 0 Å². The van der Waals surface area contributed by atoms with Crippen LogP contribution in [-0.4, -0.2) is 55.5 Å². The van der Waals surface area contributed by atoms with E-state index in [4.69, 9.17) is 19.4 Å². The summed E-state index contributed by atoms with van der Waals surface area (Å²) in [5.41, 5.74) is 2.03. The second-order valence-corrected chi connectivity index (χ2v) is 8.79. The molecule has 0 unspecified atom stereocenters. The van der Waals surface area contributed by atoms with Gasteiger partial charge in [-0.2, -0.15) is 4.98 Å². The van der Waals surface area contributed by atoms with Gasteiger partial charge in [0.15, 0.2) is 0 Å². The molecule has 3 aromatic rings. The number of alkyl carbamates (subject to hydrolysis) is 1. The van der Waals surface area contributed by atoms with Gasteiger partial charge >= 0.3 is 6.09 Å². The Morgan fingerprint density at radius 3 is 2.41 bits per heavy atom. The molecule has 1 amide bonds. The highest BCUT2D eigenvalue weighted by Gasteiger charge is 2.23. The standard InChI is InChI=1S/C26H33N5O3/c1-31(2)24-22-10-6-7-11-23(22)29-25(30-24)27-20-12-14-21(15-13-20)28-26(32)34-17-16-33-18-19-8-4-3-5-9-19/h3-11,20-21H,12-18H2,1-2H3,(H,28,32)(H,27,29,30). The molecule has 2 N–H and O–H groups in total. The van der Waals surface area contributed by atoms with Crippen LogP contribution in [0.2, 0.25) is 0 Å². The molecule has 0 saturated heterocycles. The molecule has 34 heavy (non-hydrogen) atoms. The van der Waals surface area contributed by atoms with Crippen LogP contribution in [0.4, 0.5) is 16.6 Å². The van der Waals surface area contributed by atoms with Crippen LogP contribution in [-0.2, 0) is 16.1 Å². The fourth-order valence-corrected chi connectivity index (χ4v) is 4.20. The van der Waals surface area contributed by atoms with Gasteiger partial charge in [0, 0.05) is 31.6 Å². The first-order chi connectivity index (χ1) is 16.6. The zero-order valence-corrected chi connectivity index (χ0v) is 19.9. The predicted octanol–water partition coefficient (Wildman–Crippen LogP) is 4.36. The highest BCUT2D eigenvalue weighted by Crippen LogP contribution is 2.26. The molecule has 1 heterocycles. The van der Waals surface area contributed by atoms with Crippen LogP contribution in [0, 0.1) is 0 Å². The molecule has 0 atom stereocenters. The zero-order valence-electron chi connectivity index (χ0n) is 19.9. The third kappa shape index (κ3) is 6.57. The van der Waals surface area contributed by atoms with E-state index in [9.17, 15) is 4.79 Å². The summed E-state index contributed by atoms with van der Waals surface area (Å²) in [6.45, 7) is 1.13. The third-order valence-electron chi connectivity index (χ3n) is 5.96. The summed E-state index contributed by atoms with van der Waals surface area (Å²) in [6.07, 6.45) is 3.24. The second-order valence-electron chi connectivity index (χ2n) is 8.79. The Labute approximate surface area is 200 Å². The number of amides is 1. The van der Waals surface area contributed by atoms with E-state index in [1.807, 2.05) is 73.6 Å². The van der Waals surface area contributed by atoms with E-state index in [-0.39, 0.29) is 24.8 Å². The minimum Gasteiger partial charge on any atom is -0.447 e. The average Bonchev–Trinajstić information content (AvgIpc) is 2.85. The summed E-state index contributed by atoms with van der Waals surface area (Å²) in [5, 5.41) is 7.51. The van der Waals surface area contributed by atoms with Gasteiger partial charge in [0.1, 0.15) is 12.4 Å². The summed E-state index contributed by atoms with van der Waals surface area (Å²) in [5.74, 6) is 1.55. The molecule has 1 aliphatic rings. The topological polar surface area (TPSA) is 88.6 Å². The quantitative estimate of drug-likeness (QED) is 0.456. The normalized spacial score (nSPS) is 17.8. The van der Waals surface area contributed by atoms with Gasteiger partial charge in [-0.05, 0) is 43.4 Å². The Balaban J connectivity index is 1.18. The average molecular weight is 464 g/mol. The van der Waals surface area contributed by atoms with E-state index in [0.717, 1.165) is 48.0 Å². The van der Waals surface area contributed by atoms with Crippen molar-refractivity contribution in [1.82, 2.24) is 15.3 Å². The molecule has 1 aliphatic carbocycles. The highest BCUT2D eigenvalue weighted by molar-refractivity contribution is 5.90. The number of rotatable bonds is 9. The Bertz CT molecular complexity index is 1070. The first-order valence-corrected chi connectivity index (χ1v) is 11.8. The van der Waals surface area contributed by atoms with E-state index in [0.29, 0.717) is 19.2 Å². The summed E-state index contributed by atoms with van der Waals surface area (Å²) >= 11 is 0. The van der Waals surface area contributed by atoms with E-state index in [1.165, 1.54) is 0 Å². The number of carbonyl (C=O) groups is 1. The van der Waals surface area contributed by atoms with Gasteiger partial charge in [-0.1, -0.05) is 42.5 Å². The van der Waals surface area contributed by atoms with Crippen molar-refractivity contribution in [2.45, 2.75) is 44.4 Å². The molecule has 0 bridgehead atoms. The minimum atomic E-state index is -0.381. The number of fused-ring (bicyclic) bond motifs is 1. The van der Waals surface area contributed by atoms with E-state index < -0.39 is 0 Å². The SMILES string of the molecule is CN(C)c1nc(NC2CCC(NC(=O)OCCOCc3ccccc3)CC2)nc2ccccc12. The fourth-order valence-electron chi connectivity index (χ4n) is 4.20. The molecule has 180 valence electrons. The molecule has 0 aliphatic heterocycles. The lowest BCUT2D eigenvalue weighted by molar-refractivity contribution is 0.0630. The Kier molecular flexibility index (Phi) is 8.14. The zero-order chi connectivity index (χ0) is 23.8. The number of para-hydroxylation sites is 1. The van der Waals surface area contributed by atoms with Gasteiger partial charge in [0.05, 0.1) is 18.7 Å². The van der Waals surface area contributed by atoms with Crippen LogP contribution in [0.3, 0.4) is 0 Å². The summed E-state index contributed by atoms with van der Waals surface area (Å²) in [6, 6.07) is 18.4. The van der Waals surface area contributed by atoms with E-state index >= 15 is 0 Å². The van der Waals surface area contributed by atoms with Crippen molar-refractivity contribution in [3.05, 3.63) is 60.2 Å². The van der Waals surface area contributed by atoms with E-state index in [2.05, 4.69) is 10.6 Å². The lowest BCUT2D eigenvalue weighted by Crippen LogP contribution is -2.40. The number of carbonyl (C=O) groups excluding carboxylic acids is 1. The van der Waals surface area contributed by atoms with Crippen LogP contribution in [0.25, 0.3) is 10.9 Å². The van der Waals surface area contributed by atoms with Gasteiger partial charge in [0.25, 0.3) is 0 Å². The molecule has 8 nitrogen and oxygen atoms in total. The summed E-state index contributed by atoms with van der Waals surface area (Å²) in [7, 11) is 3.98. The molecule has 2 aromatic carbocycles. The fraction of sp³-hybridized carbons (Fsp3) is 0.423. The van der Waals surface area contributed by atoms with Crippen molar-refractivity contribution >= 4 is 28.8 Å². The molecular formula is C26H33N5O3. The minimum absolute atomic E-state index is 0.116. The molecular weight excluding hydrogens is 430 g/mol. The number of hydrogen-bond donors (Lipinski definition) is 2. The monoisotopic (exact) mass is 463 g/mol. The Morgan fingerprint density at radius 2 is 1.65 bits per heavy atom. The van der Waals surface area contributed by atoms with Gasteiger partial charge in [0.2, 0.25) is 5.95 Å². The molecule has 1 aromatic heterocycles. The van der Waals surface area contributed by atoms with Gasteiger partial charge in [-0.15, -0.1) is 0 Å². The number of nitrogens with one attached hydrogen (secondary N) is 2. The number of nitrogens with zero attached hydrogens (tertiary/aromatic N) is 3. The summed E-state index contributed by atoms with van der Waals surface area (Å²) in [4.78, 5) is 23.6. The van der Waals surface area contributed by atoms with Crippen molar-refractivity contribution < 1.29 is 14.3 Å². The number of aromatic nitrogens is 2. The maximum Gasteiger partial charge on any atom is 0.407 e. The van der Waals surface area contributed by atoms with Gasteiger partial charge in [-0.3, -0.25) is 0 Å². The summed E-state index contributed by atoms with van der Waals surface area (Å²) < 4.78 is 10.8. The number of ether oxygens (including phenoxy) is 2. The van der Waals surface area contributed by atoms with Crippen molar-refractivity contribution in [2.24, 2.45) is 0 Å². The lowest BCUT2D eigenvalue weighted by atomic mass is 9.91. The molecule has 0 spiro atoms. The van der Waals surface area contributed by atoms with Crippen LogP contribution in [0.5, 0.6) is 0 Å². The van der Waals surface area contributed by atoms with Crippen LogP contribution in [0.15, 0.2) is 54.6 Å². The van der Waals surface area contributed by atoms with Gasteiger partial charge < -0.3 is 25.0 Å². The van der Waals surface area contributed by atoms with Crippen LogP contribution >= 0.6 is 0 Å². The van der Waals surface area contributed by atoms with Crippen LogP contribution < -0.4 is 15.5 Å². The Hall–Kier alpha value is -3.39. The lowest BCUT2D eigenvalue weighted by Gasteiger charge is -2.29. The van der Waals surface area contributed by atoms with Crippen molar-refractivity contribution in [3.63, 3.8) is 0 Å². The van der Waals surface area contributed by atoms with Crippen molar-refractivity contribution in [2.75, 3.05) is 37.5 Å². The molecule has 4 rings (SSSR count). The molecule has 8 heteroatoms. The van der Waals surface area contributed by atoms with Crippen LogP contribution in [0.1, 0.15) is 31.2 Å². The third-order valence-corrected chi connectivity index (χ3v) is 5.96. The maximum atomic E-state index is 12.1. The molecule has 1 saturated carbocycles. The largest absolute Gasteiger partial charge is 0.447 e. The number of anilines is 2. The maximum absolute atomic E-state index is 12.1. The van der Waals surface area contributed by atoms with Gasteiger partial charge in [-0.25, -0.2) is 9.78 Å².